The van der Waals surface area contributed by atoms with Crippen molar-refractivity contribution in [3.63, 3.8) is 0 Å². The van der Waals surface area contributed by atoms with Crippen LogP contribution in [0.5, 0.6) is 0 Å². The maximum absolute atomic E-state index is 4.47. The molecule has 0 fully saturated rings. The average Bonchev–Trinajstić information content (AvgIpc) is 3.42. The number of nitrogens with zero attached hydrogens (tertiary/aromatic N) is 2. The monoisotopic (exact) mass is 418 g/mol. The number of thiophene rings is 2. The van der Waals surface area contributed by atoms with Crippen LogP contribution in [0.4, 0.5) is 0 Å². The normalized spacial score (nSPS) is 11.3. The van der Waals surface area contributed by atoms with Gasteiger partial charge in [-0.3, -0.25) is 0 Å². The van der Waals surface area contributed by atoms with Crippen molar-refractivity contribution in [2.45, 2.75) is 78.1 Å². The van der Waals surface area contributed by atoms with Gasteiger partial charge in [0.2, 0.25) is 0 Å². The van der Waals surface area contributed by atoms with E-state index in [0.29, 0.717) is 0 Å². The van der Waals surface area contributed by atoms with E-state index >= 15 is 0 Å². The second-order valence-corrected chi connectivity index (χ2v) is 9.97. The van der Waals surface area contributed by atoms with Crippen LogP contribution in [0.15, 0.2) is 22.9 Å². The van der Waals surface area contributed by atoms with Crippen molar-refractivity contribution in [1.82, 2.24) is 10.2 Å². The van der Waals surface area contributed by atoms with E-state index in [2.05, 4.69) is 46.9 Å². The van der Waals surface area contributed by atoms with Crippen LogP contribution < -0.4 is 0 Å². The van der Waals surface area contributed by atoms with Crippen LogP contribution in [0.2, 0.25) is 0 Å². The highest BCUT2D eigenvalue weighted by Crippen LogP contribution is 2.36. The van der Waals surface area contributed by atoms with Gasteiger partial charge in [0.15, 0.2) is 10.0 Å². The maximum Gasteiger partial charge on any atom is 0.158 e. The molecule has 0 amide bonds. The second kappa shape index (κ2) is 11.1. The van der Waals surface area contributed by atoms with E-state index in [1.54, 1.807) is 11.3 Å². The Balaban J connectivity index is 1.57. The zero-order chi connectivity index (χ0) is 18.9. The van der Waals surface area contributed by atoms with Gasteiger partial charge < -0.3 is 0 Å². The van der Waals surface area contributed by atoms with E-state index in [1.165, 1.54) is 85.1 Å². The van der Waals surface area contributed by atoms with Crippen LogP contribution >= 0.6 is 34.0 Å². The van der Waals surface area contributed by atoms with Gasteiger partial charge in [-0.2, -0.15) is 0 Å². The summed E-state index contributed by atoms with van der Waals surface area (Å²) in [5.74, 6) is 0. The molecule has 3 aromatic rings. The van der Waals surface area contributed by atoms with Crippen molar-refractivity contribution in [3.8, 4) is 19.8 Å². The van der Waals surface area contributed by atoms with Gasteiger partial charge in [0.1, 0.15) is 0 Å². The molecular formula is C22H30N2S3. The first-order valence-corrected chi connectivity index (χ1v) is 12.9. The fourth-order valence-electron chi connectivity index (χ4n) is 3.17. The van der Waals surface area contributed by atoms with Crippen molar-refractivity contribution in [3.05, 3.63) is 34.0 Å². The number of rotatable bonds is 12. The lowest BCUT2D eigenvalue weighted by Gasteiger charge is -1.96. The lowest BCUT2D eigenvalue weighted by Crippen LogP contribution is -1.82. The van der Waals surface area contributed by atoms with E-state index in [0.717, 1.165) is 10.0 Å². The molecule has 0 saturated heterocycles. The van der Waals surface area contributed by atoms with Gasteiger partial charge in [-0.05, 0) is 59.7 Å². The topological polar surface area (TPSA) is 25.8 Å². The molecule has 0 spiro atoms. The van der Waals surface area contributed by atoms with Crippen molar-refractivity contribution in [1.29, 1.82) is 0 Å². The van der Waals surface area contributed by atoms with Gasteiger partial charge >= 0.3 is 0 Å². The van der Waals surface area contributed by atoms with Crippen molar-refractivity contribution in [2.75, 3.05) is 0 Å². The molecule has 3 heterocycles. The molecule has 27 heavy (non-hydrogen) atoms. The Morgan fingerprint density at radius 1 is 0.667 bits per heavy atom. The van der Waals surface area contributed by atoms with E-state index in [-0.39, 0.29) is 0 Å². The summed E-state index contributed by atoms with van der Waals surface area (Å²) in [6.07, 6.45) is 12.9. The molecule has 0 aliphatic carbocycles. The molecule has 5 heteroatoms. The van der Waals surface area contributed by atoms with Crippen LogP contribution in [0, 0.1) is 0 Å². The summed E-state index contributed by atoms with van der Waals surface area (Å²) in [5, 5.41) is 15.6. The largest absolute Gasteiger partial charge is 0.158 e. The van der Waals surface area contributed by atoms with Crippen molar-refractivity contribution < 1.29 is 0 Å². The maximum atomic E-state index is 4.47. The van der Waals surface area contributed by atoms with E-state index in [4.69, 9.17) is 0 Å². The number of aryl methyl sites for hydroxylation is 2. The number of hydrogen-bond acceptors (Lipinski definition) is 5. The third kappa shape index (κ3) is 6.23. The molecule has 0 atom stereocenters. The molecule has 0 radical (unpaired) electrons. The minimum atomic E-state index is 1.06. The lowest BCUT2D eigenvalue weighted by molar-refractivity contribution is 0.667. The Bertz CT molecular complexity index is 735. The minimum absolute atomic E-state index is 1.06. The first kappa shape index (κ1) is 20.7. The van der Waals surface area contributed by atoms with Gasteiger partial charge in [0, 0.05) is 0 Å². The predicted molar refractivity (Wildman–Crippen MR) is 122 cm³/mol. The summed E-state index contributed by atoms with van der Waals surface area (Å²) in [6.45, 7) is 4.53. The Morgan fingerprint density at radius 2 is 1.15 bits per heavy atom. The van der Waals surface area contributed by atoms with Crippen molar-refractivity contribution >= 4 is 34.0 Å². The zero-order valence-electron chi connectivity index (χ0n) is 16.5. The Hall–Kier alpha value is -1.04. The Kier molecular flexibility index (Phi) is 8.49. The third-order valence-corrected chi connectivity index (χ3v) is 8.01. The first-order valence-electron chi connectivity index (χ1n) is 10.3. The SMILES string of the molecule is CCCCCCc1csc(-c2nnc(-c3cc(CCCCCC)cs3)s2)c1. The standard InChI is InChI=1S/C22H30N2S3/c1-3-5-7-9-11-17-13-19(25-15-17)21-23-24-22(27-21)20-14-18(16-26-20)12-10-8-6-4-2/h13-16H,3-12H2,1-2H3. The summed E-state index contributed by atoms with van der Waals surface area (Å²) in [7, 11) is 0. The minimum Gasteiger partial charge on any atom is -0.141 e. The molecule has 2 nitrogen and oxygen atoms in total. The summed E-state index contributed by atoms with van der Waals surface area (Å²) < 4.78 is 0. The number of unbranched alkanes of at least 4 members (excludes halogenated alkanes) is 6. The van der Waals surface area contributed by atoms with Gasteiger partial charge in [-0.25, -0.2) is 0 Å². The van der Waals surface area contributed by atoms with Crippen molar-refractivity contribution in [2.24, 2.45) is 0 Å². The zero-order valence-corrected chi connectivity index (χ0v) is 18.9. The summed E-state index contributed by atoms with van der Waals surface area (Å²) >= 11 is 5.34. The highest BCUT2D eigenvalue weighted by atomic mass is 32.1. The smallest absolute Gasteiger partial charge is 0.141 e. The third-order valence-electron chi connectivity index (χ3n) is 4.79. The molecule has 0 aliphatic heterocycles. The predicted octanol–water partition coefficient (Wildman–Crippen LogP) is 8.24. The summed E-state index contributed by atoms with van der Waals surface area (Å²) in [4.78, 5) is 2.53. The van der Waals surface area contributed by atoms with Gasteiger partial charge in [-0.15, -0.1) is 32.9 Å². The van der Waals surface area contributed by atoms with Crippen LogP contribution in [0.3, 0.4) is 0 Å². The Labute approximate surface area is 175 Å². The molecule has 0 bridgehead atoms. The quantitative estimate of drug-likeness (QED) is 0.277. The number of hydrogen-bond donors (Lipinski definition) is 0. The van der Waals surface area contributed by atoms with E-state index in [1.807, 2.05) is 22.7 Å². The molecule has 0 aromatic carbocycles. The summed E-state index contributed by atoms with van der Waals surface area (Å²) in [5.41, 5.74) is 2.90. The molecule has 0 N–H and O–H groups in total. The molecule has 0 unspecified atom stereocenters. The van der Waals surface area contributed by atoms with Gasteiger partial charge in [-0.1, -0.05) is 63.7 Å². The first-order chi connectivity index (χ1) is 13.3. The fourth-order valence-corrected chi connectivity index (χ4v) is 6.03. The molecule has 3 rings (SSSR count). The van der Waals surface area contributed by atoms with Crippen LogP contribution in [0.1, 0.15) is 76.3 Å². The van der Waals surface area contributed by atoms with Gasteiger partial charge in [0.05, 0.1) is 9.75 Å². The highest BCUT2D eigenvalue weighted by Gasteiger charge is 2.12. The highest BCUT2D eigenvalue weighted by molar-refractivity contribution is 7.25. The molecule has 3 aromatic heterocycles. The molecule has 0 aliphatic rings. The van der Waals surface area contributed by atoms with Crippen LogP contribution in [-0.4, -0.2) is 10.2 Å². The lowest BCUT2D eigenvalue weighted by atomic mass is 10.1. The average molecular weight is 419 g/mol. The van der Waals surface area contributed by atoms with Crippen LogP contribution in [0.25, 0.3) is 19.8 Å². The Morgan fingerprint density at radius 3 is 1.59 bits per heavy atom. The van der Waals surface area contributed by atoms with E-state index in [9.17, 15) is 0 Å². The molecular weight excluding hydrogens is 388 g/mol. The van der Waals surface area contributed by atoms with E-state index < -0.39 is 0 Å². The molecule has 0 saturated carbocycles. The number of aromatic nitrogens is 2. The summed E-state index contributed by atoms with van der Waals surface area (Å²) in [6, 6.07) is 4.63. The fraction of sp³-hybridized carbons (Fsp3) is 0.545. The van der Waals surface area contributed by atoms with Gasteiger partial charge in [0.25, 0.3) is 0 Å². The second-order valence-electron chi connectivity index (χ2n) is 7.17. The molecule has 146 valence electrons. The van der Waals surface area contributed by atoms with Crippen LogP contribution in [-0.2, 0) is 12.8 Å².